The van der Waals surface area contributed by atoms with Gasteiger partial charge in [-0.05, 0) is 63.2 Å². The number of carbonyl (C=O) groups excluding carboxylic acids is 1. The van der Waals surface area contributed by atoms with Crippen molar-refractivity contribution in [3.63, 3.8) is 0 Å². The maximum atomic E-state index is 12.8. The Morgan fingerprint density at radius 2 is 1.76 bits per heavy atom. The molecule has 4 bridgehead atoms. The molecule has 4 fully saturated rings. The van der Waals surface area contributed by atoms with Crippen molar-refractivity contribution in [3.8, 4) is 5.75 Å². The number of aryl methyl sites for hydroxylation is 1. The van der Waals surface area contributed by atoms with E-state index in [1.165, 1.54) is 25.3 Å². The molecule has 0 saturated heterocycles. The summed E-state index contributed by atoms with van der Waals surface area (Å²) in [4.78, 5) is 27.6. The Kier molecular flexibility index (Phi) is 2.78. The Morgan fingerprint density at radius 3 is 2.29 bits per heavy atom. The maximum Gasteiger partial charge on any atom is 0.317 e. The topological polar surface area (TPSA) is 59.2 Å². The van der Waals surface area contributed by atoms with Crippen LogP contribution in [0.5, 0.6) is 5.75 Å². The lowest BCUT2D eigenvalue weighted by molar-refractivity contribution is -0.161. The highest BCUT2D eigenvalue weighted by Gasteiger charge is 2.55. The molecular weight excluding hydrogens is 266 g/mol. The summed E-state index contributed by atoms with van der Waals surface area (Å²) >= 11 is 0. The van der Waals surface area contributed by atoms with Gasteiger partial charge >= 0.3 is 5.97 Å². The van der Waals surface area contributed by atoms with Gasteiger partial charge < -0.3 is 9.72 Å². The molecule has 4 saturated carbocycles. The standard InChI is InChI=1S/C17H21NO3/c1-10-15(14(19)2-3-18-10)21-16(20)17-7-11-4-12(8-17)6-13(5-11)9-17/h2-3,11-13H,4-9H2,1H3,(H,18,19). The van der Waals surface area contributed by atoms with E-state index in [4.69, 9.17) is 4.74 Å². The van der Waals surface area contributed by atoms with Gasteiger partial charge in [-0.3, -0.25) is 9.59 Å². The van der Waals surface area contributed by atoms with Crippen LogP contribution in [0.2, 0.25) is 0 Å². The van der Waals surface area contributed by atoms with Crippen LogP contribution in [-0.2, 0) is 4.79 Å². The summed E-state index contributed by atoms with van der Waals surface area (Å²) in [6.07, 6.45) is 8.33. The first-order valence-electron chi connectivity index (χ1n) is 7.96. The van der Waals surface area contributed by atoms with Gasteiger partial charge in [0.05, 0.1) is 11.1 Å². The molecule has 4 aliphatic rings. The molecule has 1 N–H and O–H groups in total. The molecule has 5 rings (SSSR count). The minimum Gasteiger partial charge on any atom is -0.420 e. The quantitative estimate of drug-likeness (QED) is 0.851. The monoisotopic (exact) mass is 287 g/mol. The number of esters is 1. The van der Waals surface area contributed by atoms with Crippen molar-refractivity contribution < 1.29 is 9.53 Å². The van der Waals surface area contributed by atoms with Gasteiger partial charge in [-0.1, -0.05) is 0 Å². The van der Waals surface area contributed by atoms with Gasteiger partial charge in [0.25, 0.3) is 0 Å². The molecule has 112 valence electrons. The third-order valence-corrected chi connectivity index (χ3v) is 5.76. The van der Waals surface area contributed by atoms with Crippen LogP contribution < -0.4 is 10.2 Å². The second-order valence-electron chi connectivity index (χ2n) is 7.38. The van der Waals surface area contributed by atoms with E-state index in [2.05, 4.69) is 4.98 Å². The number of ether oxygens (including phenoxy) is 1. The summed E-state index contributed by atoms with van der Waals surface area (Å²) in [5.74, 6) is 2.09. The molecule has 1 aromatic rings. The molecule has 21 heavy (non-hydrogen) atoms. The van der Waals surface area contributed by atoms with E-state index >= 15 is 0 Å². The average Bonchev–Trinajstić information content (AvgIpc) is 2.41. The second kappa shape index (κ2) is 4.46. The van der Waals surface area contributed by atoms with E-state index in [1.807, 2.05) is 0 Å². The summed E-state index contributed by atoms with van der Waals surface area (Å²) in [5.41, 5.74) is 0.0913. The molecule has 4 heteroatoms. The van der Waals surface area contributed by atoms with E-state index in [-0.39, 0.29) is 22.6 Å². The summed E-state index contributed by atoms with van der Waals surface area (Å²) in [7, 11) is 0. The molecule has 0 amide bonds. The molecule has 4 nitrogen and oxygen atoms in total. The fourth-order valence-electron chi connectivity index (χ4n) is 5.26. The van der Waals surface area contributed by atoms with Gasteiger partial charge in [0.1, 0.15) is 0 Å². The minimum absolute atomic E-state index is 0.165. The highest BCUT2D eigenvalue weighted by molar-refractivity contribution is 5.80. The maximum absolute atomic E-state index is 12.8. The number of H-pyrrole nitrogens is 1. The number of rotatable bonds is 2. The number of hydrogen-bond donors (Lipinski definition) is 1. The van der Waals surface area contributed by atoms with Crippen LogP contribution in [0.15, 0.2) is 17.1 Å². The molecule has 0 aliphatic heterocycles. The zero-order valence-electron chi connectivity index (χ0n) is 12.4. The normalized spacial score (nSPS) is 36.7. The van der Waals surface area contributed by atoms with Gasteiger partial charge in [-0.2, -0.15) is 0 Å². The first-order valence-corrected chi connectivity index (χ1v) is 7.96. The zero-order chi connectivity index (χ0) is 14.6. The summed E-state index contributed by atoms with van der Waals surface area (Å²) in [5, 5.41) is 0. The Morgan fingerprint density at radius 1 is 1.19 bits per heavy atom. The van der Waals surface area contributed by atoms with Crippen molar-refractivity contribution in [2.24, 2.45) is 23.2 Å². The van der Waals surface area contributed by atoms with E-state index in [0.29, 0.717) is 23.4 Å². The van der Waals surface area contributed by atoms with Crippen molar-refractivity contribution >= 4 is 5.97 Å². The summed E-state index contributed by atoms with van der Waals surface area (Å²) in [6.45, 7) is 1.77. The number of pyridine rings is 1. The molecule has 4 aliphatic carbocycles. The fraction of sp³-hybridized carbons (Fsp3) is 0.647. The summed E-state index contributed by atoms with van der Waals surface area (Å²) < 4.78 is 5.58. The predicted octanol–water partition coefficient (Wildman–Crippen LogP) is 2.81. The van der Waals surface area contributed by atoms with Gasteiger partial charge in [0, 0.05) is 12.3 Å². The molecule has 1 heterocycles. The van der Waals surface area contributed by atoms with Gasteiger partial charge in [0.2, 0.25) is 5.43 Å². The average molecular weight is 287 g/mol. The van der Waals surface area contributed by atoms with E-state index in [0.717, 1.165) is 19.3 Å². The third kappa shape index (κ3) is 2.03. The molecule has 0 aromatic carbocycles. The predicted molar refractivity (Wildman–Crippen MR) is 78.0 cm³/mol. The lowest BCUT2D eigenvalue weighted by Crippen LogP contribution is -2.51. The fourth-order valence-corrected chi connectivity index (χ4v) is 5.26. The number of aromatic amines is 1. The van der Waals surface area contributed by atoms with Crippen LogP contribution in [0.3, 0.4) is 0 Å². The van der Waals surface area contributed by atoms with Gasteiger partial charge in [-0.15, -0.1) is 0 Å². The molecule has 0 spiro atoms. The molecule has 0 atom stereocenters. The molecule has 0 radical (unpaired) electrons. The van der Waals surface area contributed by atoms with Crippen molar-refractivity contribution in [1.29, 1.82) is 0 Å². The lowest BCUT2D eigenvalue weighted by Gasteiger charge is -2.55. The lowest BCUT2D eigenvalue weighted by atomic mass is 9.49. The molecular formula is C17H21NO3. The number of aromatic nitrogens is 1. The minimum atomic E-state index is -0.316. The number of nitrogens with one attached hydrogen (secondary N) is 1. The SMILES string of the molecule is Cc1[nH]ccc(=O)c1OC(=O)C12CC3CC(CC(C3)C1)C2. The van der Waals surface area contributed by atoms with Crippen molar-refractivity contribution in [2.45, 2.75) is 45.4 Å². The number of hydrogen-bond acceptors (Lipinski definition) is 3. The van der Waals surface area contributed by atoms with Gasteiger partial charge in [-0.25, -0.2) is 0 Å². The smallest absolute Gasteiger partial charge is 0.317 e. The first-order chi connectivity index (χ1) is 10.1. The van der Waals surface area contributed by atoms with Gasteiger partial charge in [0.15, 0.2) is 5.75 Å². The van der Waals surface area contributed by atoms with Crippen molar-refractivity contribution in [3.05, 3.63) is 28.2 Å². The second-order valence-corrected chi connectivity index (χ2v) is 7.38. The third-order valence-electron chi connectivity index (χ3n) is 5.76. The zero-order valence-corrected chi connectivity index (χ0v) is 12.4. The van der Waals surface area contributed by atoms with Crippen LogP contribution in [0, 0.1) is 30.1 Å². The van der Waals surface area contributed by atoms with Crippen molar-refractivity contribution in [1.82, 2.24) is 4.98 Å². The first kappa shape index (κ1) is 13.1. The van der Waals surface area contributed by atoms with E-state index in [1.54, 1.807) is 13.1 Å². The largest absolute Gasteiger partial charge is 0.420 e. The Bertz CT molecular complexity index is 610. The highest BCUT2D eigenvalue weighted by Crippen LogP contribution is 2.60. The Labute approximate surface area is 123 Å². The van der Waals surface area contributed by atoms with E-state index < -0.39 is 0 Å². The van der Waals surface area contributed by atoms with Crippen LogP contribution in [-0.4, -0.2) is 11.0 Å². The summed E-state index contributed by atoms with van der Waals surface area (Å²) in [6, 6.07) is 1.41. The number of carbonyl (C=O) groups is 1. The Hall–Kier alpha value is -1.58. The van der Waals surface area contributed by atoms with E-state index in [9.17, 15) is 9.59 Å². The molecule has 0 unspecified atom stereocenters. The Balaban J connectivity index is 1.62. The van der Waals surface area contributed by atoms with Crippen LogP contribution >= 0.6 is 0 Å². The van der Waals surface area contributed by atoms with Crippen LogP contribution in [0.25, 0.3) is 0 Å². The highest BCUT2D eigenvalue weighted by atomic mass is 16.5. The van der Waals surface area contributed by atoms with Crippen LogP contribution in [0.1, 0.15) is 44.2 Å². The van der Waals surface area contributed by atoms with Crippen LogP contribution in [0.4, 0.5) is 0 Å². The molecule has 1 aromatic heterocycles. The van der Waals surface area contributed by atoms with Crippen molar-refractivity contribution in [2.75, 3.05) is 0 Å².